The van der Waals surface area contributed by atoms with Crippen LogP contribution in [0.2, 0.25) is 15.1 Å². The minimum Gasteiger partial charge on any atom is -0.354 e. The van der Waals surface area contributed by atoms with Crippen LogP contribution in [-0.4, -0.2) is 44.3 Å². The van der Waals surface area contributed by atoms with Crippen molar-refractivity contribution in [2.75, 3.05) is 17.4 Å². The first-order valence-electron chi connectivity index (χ1n) is 12.4. The molecule has 39 heavy (non-hydrogen) atoms. The van der Waals surface area contributed by atoms with Gasteiger partial charge in [-0.2, -0.15) is 0 Å². The van der Waals surface area contributed by atoms with Crippen LogP contribution in [0.25, 0.3) is 0 Å². The number of carbonyl (C=O) groups is 2. The Bertz CT molecular complexity index is 1390. The standard InChI is InChI=1S/C28H30Cl3N3O4S/c1-3-4-16-32-28(36)20(2)33(18-21-10-12-22(29)13-11-21)27(35)19-34(26-17-23(30)14-15-25(26)31)39(37,38)24-8-6-5-7-9-24/h5-15,17,20H,3-4,16,18-19H2,1-2H3,(H,32,36)/t20-/m0/s1. The lowest BCUT2D eigenvalue weighted by atomic mass is 10.1. The Morgan fingerprint density at radius 2 is 1.56 bits per heavy atom. The van der Waals surface area contributed by atoms with Crippen LogP contribution >= 0.6 is 34.8 Å². The van der Waals surface area contributed by atoms with Gasteiger partial charge >= 0.3 is 0 Å². The van der Waals surface area contributed by atoms with Crippen LogP contribution in [0, 0.1) is 0 Å². The lowest BCUT2D eigenvalue weighted by Crippen LogP contribution is -2.51. The zero-order chi connectivity index (χ0) is 28.6. The average Bonchev–Trinajstić information content (AvgIpc) is 2.92. The van der Waals surface area contributed by atoms with Crippen LogP contribution in [0.4, 0.5) is 5.69 Å². The molecule has 7 nitrogen and oxygen atoms in total. The number of anilines is 1. The number of halogens is 3. The predicted molar refractivity (Wildman–Crippen MR) is 157 cm³/mol. The third kappa shape index (κ3) is 8.11. The molecule has 0 aliphatic heterocycles. The molecule has 0 aliphatic rings. The molecule has 1 atom stereocenters. The van der Waals surface area contributed by atoms with Gasteiger partial charge in [-0.3, -0.25) is 13.9 Å². The molecule has 3 aromatic rings. The van der Waals surface area contributed by atoms with E-state index in [1.165, 1.54) is 35.2 Å². The van der Waals surface area contributed by atoms with Crippen molar-refractivity contribution in [3.05, 3.63) is 93.4 Å². The van der Waals surface area contributed by atoms with Gasteiger partial charge in [0.1, 0.15) is 12.6 Å². The molecule has 0 spiro atoms. The summed E-state index contributed by atoms with van der Waals surface area (Å²) < 4.78 is 28.5. The van der Waals surface area contributed by atoms with E-state index in [0.717, 1.165) is 22.7 Å². The lowest BCUT2D eigenvalue weighted by Gasteiger charge is -2.32. The predicted octanol–water partition coefficient (Wildman–Crippen LogP) is 6.18. The molecule has 0 saturated heterocycles. The molecule has 11 heteroatoms. The zero-order valence-corrected chi connectivity index (χ0v) is 24.7. The number of hydrogen-bond donors (Lipinski definition) is 1. The molecule has 0 bridgehead atoms. The Labute approximate surface area is 244 Å². The fourth-order valence-corrected chi connectivity index (χ4v) is 5.82. The van der Waals surface area contributed by atoms with E-state index in [-0.39, 0.29) is 33.1 Å². The van der Waals surface area contributed by atoms with E-state index in [2.05, 4.69) is 5.32 Å². The molecule has 3 rings (SSSR count). The molecule has 1 N–H and O–H groups in total. The highest BCUT2D eigenvalue weighted by Crippen LogP contribution is 2.33. The van der Waals surface area contributed by atoms with Crippen molar-refractivity contribution < 1.29 is 18.0 Å². The minimum absolute atomic E-state index is 0.0246. The van der Waals surface area contributed by atoms with Gasteiger partial charge in [0.05, 0.1) is 15.6 Å². The Kier molecular flexibility index (Phi) is 11.1. The number of carbonyl (C=O) groups excluding carboxylic acids is 2. The third-order valence-electron chi connectivity index (χ3n) is 6.05. The van der Waals surface area contributed by atoms with E-state index < -0.39 is 28.5 Å². The van der Waals surface area contributed by atoms with Gasteiger partial charge in [-0.25, -0.2) is 8.42 Å². The second kappa shape index (κ2) is 14.0. The first kappa shape index (κ1) is 30.8. The minimum atomic E-state index is -4.24. The fourth-order valence-electron chi connectivity index (χ4n) is 3.82. The Morgan fingerprint density at radius 3 is 2.21 bits per heavy atom. The Balaban J connectivity index is 2.02. The molecule has 0 unspecified atom stereocenters. The number of nitrogens with one attached hydrogen (secondary N) is 1. The topological polar surface area (TPSA) is 86.8 Å². The van der Waals surface area contributed by atoms with Crippen molar-refractivity contribution in [2.45, 2.75) is 44.2 Å². The normalized spacial score (nSPS) is 12.0. The monoisotopic (exact) mass is 609 g/mol. The van der Waals surface area contributed by atoms with Gasteiger partial charge in [0.25, 0.3) is 10.0 Å². The van der Waals surface area contributed by atoms with Crippen molar-refractivity contribution in [2.24, 2.45) is 0 Å². The van der Waals surface area contributed by atoms with Crippen LogP contribution in [-0.2, 0) is 26.2 Å². The molecular formula is C28H30Cl3N3O4S. The van der Waals surface area contributed by atoms with Crippen molar-refractivity contribution in [3.8, 4) is 0 Å². The van der Waals surface area contributed by atoms with E-state index in [0.29, 0.717) is 11.6 Å². The van der Waals surface area contributed by atoms with Gasteiger partial charge in [0.2, 0.25) is 11.8 Å². The summed E-state index contributed by atoms with van der Waals surface area (Å²) in [6.45, 7) is 3.53. The Morgan fingerprint density at radius 1 is 0.923 bits per heavy atom. The average molecular weight is 611 g/mol. The van der Waals surface area contributed by atoms with E-state index in [4.69, 9.17) is 34.8 Å². The van der Waals surface area contributed by atoms with Gasteiger partial charge in [-0.05, 0) is 61.4 Å². The maximum absolute atomic E-state index is 13.9. The summed E-state index contributed by atoms with van der Waals surface area (Å²) in [7, 11) is -4.24. The van der Waals surface area contributed by atoms with Crippen molar-refractivity contribution in [1.29, 1.82) is 0 Å². The molecular weight excluding hydrogens is 581 g/mol. The molecule has 2 amide bonds. The van der Waals surface area contributed by atoms with E-state index in [1.807, 2.05) is 6.92 Å². The number of benzene rings is 3. The summed E-state index contributed by atoms with van der Waals surface area (Å²) in [5.41, 5.74) is 0.770. The van der Waals surface area contributed by atoms with Crippen LogP contribution in [0.3, 0.4) is 0 Å². The molecule has 0 aromatic heterocycles. The molecule has 0 heterocycles. The first-order valence-corrected chi connectivity index (χ1v) is 15.0. The van der Waals surface area contributed by atoms with Crippen LogP contribution < -0.4 is 9.62 Å². The summed E-state index contributed by atoms with van der Waals surface area (Å²) in [6, 6.07) is 18.1. The van der Waals surface area contributed by atoms with Crippen LogP contribution in [0.1, 0.15) is 32.3 Å². The zero-order valence-electron chi connectivity index (χ0n) is 21.6. The van der Waals surface area contributed by atoms with Gasteiger partial charge in [0.15, 0.2) is 0 Å². The molecule has 208 valence electrons. The molecule has 0 aliphatic carbocycles. The van der Waals surface area contributed by atoms with Gasteiger partial charge in [0, 0.05) is 23.1 Å². The molecule has 0 fully saturated rings. The highest BCUT2D eigenvalue weighted by Gasteiger charge is 2.33. The van der Waals surface area contributed by atoms with E-state index in [1.54, 1.807) is 49.4 Å². The molecule has 0 saturated carbocycles. The second-order valence-electron chi connectivity index (χ2n) is 8.89. The smallest absolute Gasteiger partial charge is 0.264 e. The number of rotatable bonds is 12. The summed E-state index contributed by atoms with van der Waals surface area (Å²) in [5, 5.41) is 3.72. The van der Waals surface area contributed by atoms with Crippen molar-refractivity contribution >= 4 is 62.3 Å². The molecule has 3 aromatic carbocycles. The maximum atomic E-state index is 13.9. The van der Waals surface area contributed by atoms with Crippen molar-refractivity contribution in [1.82, 2.24) is 10.2 Å². The second-order valence-corrected chi connectivity index (χ2v) is 12.0. The highest BCUT2D eigenvalue weighted by molar-refractivity contribution is 7.92. The molecule has 0 radical (unpaired) electrons. The van der Waals surface area contributed by atoms with Gasteiger partial charge < -0.3 is 10.2 Å². The summed E-state index contributed by atoms with van der Waals surface area (Å²) in [6.07, 6.45) is 1.69. The largest absolute Gasteiger partial charge is 0.354 e. The lowest BCUT2D eigenvalue weighted by molar-refractivity contribution is -0.139. The van der Waals surface area contributed by atoms with Gasteiger partial charge in [-0.1, -0.05) is 78.5 Å². The SMILES string of the molecule is CCCCNC(=O)[C@H](C)N(Cc1ccc(Cl)cc1)C(=O)CN(c1cc(Cl)ccc1Cl)S(=O)(=O)c1ccccc1. The summed E-state index contributed by atoms with van der Waals surface area (Å²) >= 11 is 18.6. The van der Waals surface area contributed by atoms with Crippen molar-refractivity contribution in [3.63, 3.8) is 0 Å². The van der Waals surface area contributed by atoms with Crippen LogP contribution in [0.15, 0.2) is 77.7 Å². The maximum Gasteiger partial charge on any atom is 0.264 e. The first-order chi connectivity index (χ1) is 18.5. The Hall–Kier alpha value is -2.78. The highest BCUT2D eigenvalue weighted by atomic mass is 35.5. The van der Waals surface area contributed by atoms with E-state index >= 15 is 0 Å². The number of sulfonamides is 1. The van der Waals surface area contributed by atoms with Gasteiger partial charge in [-0.15, -0.1) is 0 Å². The number of nitrogens with zero attached hydrogens (tertiary/aromatic N) is 2. The fraction of sp³-hybridized carbons (Fsp3) is 0.286. The van der Waals surface area contributed by atoms with Crippen LogP contribution in [0.5, 0.6) is 0 Å². The number of amides is 2. The summed E-state index contributed by atoms with van der Waals surface area (Å²) in [5.74, 6) is -0.942. The number of unbranched alkanes of at least 4 members (excludes halogenated alkanes) is 1. The quantitative estimate of drug-likeness (QED) is 0.248. The third-order valence-corrected chi connectivity index (χ3v) is 8.63. The summed E-state index contributed by atoms with van der Waals surface area (Å²) in [4.78, 5) is 28.2. The van der Waals surface area contributed by atoms with E-state index in [9.17, 15) is 18.0 Å². The number of hydrogen-bond acceptors (Lipinski definition) is 4.